The molecule has 2 N–H and O–H groups in total. The maximum Gasteiger partial charge on any atom is 0.311 e. The second-order valence-electron chi connectivity index (χ2n) is 5.62. The lowest BCUT2D eigenvalue weighted by Gasteiger charge is -2.34. The van der Waals surface area contributed by atoms with E-state index in [2.05, 4.69) is 5.32 Å². The Hall–Kier alpha value is -1.10. The first-order valence-corrected chi connectivity index (χ1v) is 6.97. The first kappa shape index (κ1) is 16.0. The van der Waals surface area contributed by atoms with Gasteiger partial charge < -0.3 is 15.2 Å². The van der Waals surface area contributed by atoms with Gasteiger partial charge in [0.25, 0.3) is 5.91 Å². The zero-order chi connectivity index (χ0) is 14.5. The third kappa shape index (κ3) is 3.47. The fourth-order valence-corrected chi connectivity index (χ4v) is 2.53. The Morgan fingerprint density at radius 3 is 2.32 bits per heavy atom. The summed E-state index contributed by atoms with van der Waals surface area (Å²) < 4.78 is 5.22. The van der Waals surface area contributed by atoms with Gasteiger partial charge >= 0.3 is 5.97 Å². The maximum absolute atomic E-state index is 12.1. The first-order valence-electron chi connectivity index (χ1n) is 6.97. The van der Waals surface area contributed by atoms with Gasteiger partial charge in [0.1, 0.15) is 5.60 Å². The van der Waals surface area contributed by atoms with Crippen LogP contribution in [0.15, 0.2) is 0 Å². The fourth-order valence-electron chi connectivity index (χ4n) is 2.53. The molecular formula is C14H25NO4. The van der Waals surface area contributed by atoms with Crippen LogP contribution in [0.25, 0.3) is 0 Å². The van der Waals surface area contributed by atoms with Crippen LogP contribution < -0.4 is 5.32 Å². The molecule has 0 aromatic rings. The Labute approximate surface area is 114 Å². The Balaban J connectivity index is 2.67. The summed E-state index contributed by atoms with van der Waals surface area (Å²) in [5.74, 6) is -1.04. The van der Waals surface area contributed by atoms with E-state index >= 15 is 0 Å². The third-order valence-electron chi connectivity index (χ3n) is 4.46. The van der Waals surface area contributed by atoms with Gasteiger partial charge in [-0.2, -0.15) is 0 Å². The molecule has 1 unspecified atom stereocenters. The number of hydrogen-bond donors (Lipinski definition) is 2. The van der Waals surface area contributed by atoms with Crippen molar-refractivity contribution in [1.29, 1.82) is 0 Å². The molecule has 0 radical (unpaired) electrons. The van der Waals surface area contributed by atoms with E-state index in [9.17, 15) is 14.7 Å². The highest BCUT2D eigenvalue weighted by molar-refractivity contribution is 5.85. The molecule has 1 saturated carbocycles. The van der Waals surface area contributed by atoms with Crippen LogP contribution in [-0.4, -0.2) is 36.2 Å². The molecule has 0 heterocycles. The number of carboxylic acids is 1. The predicted octanol–water partition coefficient (Wildman–Crippen LogP) is 1.95. The van der Waals surface area contributed by atoms with Crippen LogP contribution in [0.4, 0.5) is 0 Å². The van der Waals surface area contributed by atoms with Crippen LogP contribution in [0.2, 0.25) is 0 Å². The predicted molar refractivity (Wildman–Crippen MR) is 71.9 cm³/mol. The average Bonchev–Trinajstić information content (AvgIpc) is 2.44. The van der Waals surface area contributed by atoms with Gasteiger partial charge in [-0.15, -0.1) is 0 Å². The average molecular weight is 271 g/mol. The highest BCUT2D eigenvalue weighted by Crippen LogP contribution is 2.36. The van der Waals surface area contributed by atoms with Crippen molar-refractivity contribution in [2.24, 2.45) is 5.41 Å². The van der Waals surface area contributed by atoms with Crippen LogP contribution in [0.5, 0.6) is 0 Å². The molecule has 110 valence electrons. The lowest BCUT2D eigenvalue weighted by Crippen LogP contribution is -2.51. The van der Waals surface area contributed by atoms with Gasteiger partial charge in [-0.25, -0.2) is 0 Å². The molecule has 1 atom stereocenters. The zero-order valence-corrected chi connectivity index (χ0v) is 12.1. The van der Waals surface area contributed by atoms with E-state index in [1.807, 2.05) is 6.92 Å². The normalized spacial score (nSPS) is 21.4. The van der Waals surface area contributed by atoms with Crippen molar-refractivity contribution >= 4 is 11.9 Å². The minimum absolute atomic E-state index is 0.195. The highest BCUT2D eigenvalue weighted by atomic mass is 16.5. The summed E-state index contributed by atoms with van der Waals surface area (Å²) in [6.07, 6.45) is 4.73. The van der Waals surface area contributed by atoms with Crippen LogP contribution >= 0.6 is 0 Å². The smallest absolute Gasteiger partial charge is 0.311 e. The standard InChI is InChI=1S/C14H25NO4/c1-4-13(2,19-3)11(16)15-10-14(12(17)18)8-6-5-7-9-14/h4-10H2,1-3H3,(H,15,16)(H,17,18). The Morgan fingerprint density at radius 1 is 1.32 bits per heavy atom. The molecule has 0 aromatic carbocycles. The Morgan fingerprint density at radius 2 is 1.89 bits per heavy atom. The van der Waals surface area contributed by atoms with Gasteiger partial charge in [0.2, 0.25) is 0 Å². The van der Waals surface area contributed by atoms with Gasteiger partial charge in [-0.3, -0.25) is 9.59 Å². The van der Waals surface area contributed by atoms with Crippen molar-refractivity contribution in [2.75, 3.05) is 13.7 Å². The number of ether oxygens (including phenoxy) is 1. The number of carboxylic acid groups (broad SMARTS) is 1. The van der Waals surface area contributed by atoms with E-state index < -0.39 is 17.0 Å². The molecule has 0 aliphatic heterocycles. The zero-order valence-electron chi connectivity index (χ0n) is 12.1. The summed E-state index contributed by atoms with van der Waals surface area (Å²) in [4.78, 5) is 23.6. The Bertz CT molecular complexity index is 330. The summed E-state index contributed by atoms with van der Waals surface area (Å²) in [6, 6.07) is 0. The number of aliphatic carboxylic acids is 1. The monoisotopic (exact) mass is 271 g/mol. The molecule has 5 nitrogen and oxygen atoms in total. The molecule has 0 bridgehead atoms. The van der Waals surface area contributed by atoms with E-state index in [4.69, 9.17) is 4.74 Å². The summed E-state index contributed by atoms with van der Waals surface area (Å²) in [5, 5.41) is 12.2. The largest absolute Gasteiger partial charge is 0.481 e. The quantitative estimate of drug-likeness (QED) is 0.774. The van der Waals surface area contributed by atoms with Crippen LogP contribution in [0.3, 0.4) is 0 Å². The van der Waals surface area contributed by atoms with E-state index in [0.717, 1.165) is 19.3 Å². The van der Waals surface area contributed by atoms with Gasteiger partial charge in [0.15, 0.2) is 0 Å². The molecule has 0 aromatic heterocycles. The Kier molecular flexibility index (Phi) is 5.35. The van der Waals surface area contributed by atoms with Crippen molar-refractivity contribution in [3.63, 3.8) is 0 Å². The van der Waals surface area contributed by atoms with Crippen LogP contribution in [0, 0.1) is 5.41 Å². The van der Waals surface area contributed by atoms with Gasteiger partial charge in [-0.05, 0) is 26.2 Å². The third-order valence-corrected chi connectivity index (χ3v) is 4.46. The number of carbonyl (C=O) groups is 2. The molecular weight excluding hydrogens is 246 g/mol. The number of nitrogens with one attached hydrogen (secondary N) is 1. The second-order valence-corrected chi connectivity index (χ2v) is 5.62. The van der Waals surface area contributed by atoms with Crippen LogP contribution in [-0.2, 0) is 14.3 Å². The van der Waals surface area contributed by atoms with Gasteiger partial charge in [-0.1, -0.05) is 26.2 Å². The van der Waals surface area contributed by atoms with E-state index in [0.29, 0.717) is 19.3 Å². The molecule has 5 heteroatoms. The molecule has 0 saturated heterocycles. The maximum atomic E-state index is 12.1. The lowest BCUT2D eigenvalue weighted by molar-refractivity contribution is -0.152. The molecule has 19 heavy (non-hydrogen) atoms. The van der Waals surface area contributed by atoms with Crippen molar-refractivity contribution in [3.05, 3.63) is 0 Å². The summed E-state index contributed by atoms with van der Waals surface area (Å²) in [6.45, 7) is 3.79. The van der Waals surface area contributed by atoms with Crippen molar-refractivity contribution < 1.29 is 19.4 Å². The molecule has 1 aliphatic rings. The number of rotatable bonds is 6. The number of amides is 1. The molecule has 0 spiro atoms. The van der Waals surface area contributed by atoms with E-state index in [1.54, 1.807) is 6.92 Å². The minimum Gasteiger partial charge on any atom is -0.481 e. The first-order chi connectivity index (χ1) is 8.90. The minimum atomic E-state index is -0.881. The van der Waals surface area contributed by atoms with Crippen molar-refractivity contribution in [2.45, 2.75) is 58.0 Å². The van der Waals surface area contributed by atoms with Gasteiger partial charge in [0, 0.05) is 13.7 Å². The summed E-state index contributed by atoms with van der Waals surface area (Å²) in [5.41, 5.74) is -1.68. The number of carbonyl (C=O) groups excluding carboxylic acids is 1. The molecule has 1 aliphatic carbocycles. The number of methoxy groups -OCH3 is 1. The van der Waals surface area contributed by atoms with Crippen molar-refractivity contribution in [3.8, 4) is 0 Å². The van der Waals surface area contributed by atoms with E-state index in [1.165, 1.54) is 7.11 Å². The fraction of sp³-hybridized carbons (Fsp3) is 0.857. The topological polar surface area (TPSA) is 75.6 Å². The molecule has 1 rings (SSSR count). The lowest BCUT2D eigenvalue weighted by atomic mass is 9.74. The number of hydrogen-bond acceptors (Lipinski definition) is 3. The molecule has 1 fully saturated rings. The second kappa shape index (κ2) is 6.37. The van der Waals surface area contributed by atoms with E-state index in [-0.39, 0.29) is 12.5 Å². The highest BCUT2D eigenvalue weighted by Gasteiger charge is 2.41. The van der Waals surface area contributed by atoms with Crippen LogP contribution in [0.1, 0.15) is 52.4 Å². The summed E-state index contributed by atoms with van der Waals surface area (Å²) in [7, 11) is 1.50. The van der Waals surface area contributed by atoms with Crippen molar-refractivity contribution in [1.82, 2.24) is 5.32 Å². The molecule has 1 amide bonds. The SMILES string of the molecule is CCC(C)(OC)C(=O)NCC1(C(=O)O)CCCCC1. The van der Waals surface area contributed by atoms with Gasteiger partial charge in [0.05, 0.1) is 5.41 Å². The summed E-state index contributed by atoms with van der Waals surface area (Å²) >= 11 is 0.